The fraction of sp³-hybridized carbons (Fsp3) is 0.455. The zero-order valence-electron chi connectivity index (χ0n) is 8.16. The van der Waals surface area contributed by atoms with Crippen molar-refractivity contribution >= 4 is 9.24 Å². The van der Waals surface area contributed by atoms with Crippen molar-refractivity contribution in [1.82, 2.24) is 0 Å². The Morgan fingerprint density at radius 2 is 2.15 bits per heavy atom. The van der Waals surface area contributed by atoms with Gasteiger partial charge >= 0.3 is 0 Å². The molecular formula is C11H18NP. The molecule has 0 aliphatic heterocycles. The molecule has 1 saturated carbocycles. The van der Waals surface area contributed by atoms with E-state index in [1.807, 2.05) is 6.08 Å². The molecule has 13 heavy (non-hydrogen) atoms. The van der Waals surface area contributed by atoms with Gasteiger partial charge in [-0.1, -0.05) is 24.8 Å². The predicted molar refractivity (Wildman–Crippen MR) is 62.7 cm³/mol. The molecule has 0 aromatic rings. The van der Waals surface area contributed by atoms with E-state index in [-0.39, 0.29) is 6.04 Å². The molecule has 0 radical (unpaired) electrons. The molecule has 0 bridgehead atoms. The summed E-state index contributed by atoms with van der Waals surface area (Å²) < 4.78 is 0. The van der Waals surface area contributed by atoms with E-state index >= 15 is 0 Å². The van der Waals surface area contributed by atoms with Gasteiger partial charge in [0.2, 0.25) is 0 Å². The Bertz CT molecular complexity index is 253. The van der Waals surface area contributed by atoms with Crippen LogP contribution in [0.3, 0.4) is 0 Å². The maximum atomic E-state index is 5.99. The summed E-state index contributed by atoms with van der Waals surface area (Å²) in [4.78, 5) is 0. The van der Waals surface area contributed by atoms with E-state index in [2.05, 4.69) is 34.9 Å². The van der Waals surface area contributed by atoms with Crippen molar-refractivity contribution < 1.29 is 0 Å². The predicted octanol–water partition coefficient (Wildman–Crippen LogP) is 2.41. The highest BCUT2D eigenvalue weighted by Crippen LogP contribution is 2.32. The number of hydrogen-bond donors (Lipinski definition) is 1. The van der Waals surface area contributed by atoms with Gasteiger partial charge in [0.05, 0.1) is 0 Å². The van der Waals surface area contributed by atoms with Gasteiger partial charge in [0.1, 0.15) is 0 Å². The molecular weight excluding hydrogens is 177 g/mol. The summed E-state index contributed by atoms with van der Waals surface area (Å²) in [5.41, 5.74) is 9.27. The summed E-state index contributed by atoms with van der Waals surface area (Å²) in [6.07, 6.45) is 8.15. The van der Waals surface area contributed by atoms with Crippen molar-refractivity contribution in [2.24, 2.45) is 5.73 Å². The minimum absolute atomic E-state index is 0.290. The molecule has 0 saturated heterocycles. The summed E-state index contributed by atoms with van der Waals surface area (Å²) in [6, 6.07) is 0.290. The third-order valence-corrected chi connectivity index (χ3v) is 3.27. The molecule has 72 valence electrons. The van der Waals surface area contributed by atoms with Gasteiger partial charge in [0, 0.05) is 6.04 Å². The molecule has 0 aromatic carbocycles. The first-order valence-electron chi connectivity index (χ1n) is 4.67. The average Bonchev–Trinajstić information content (AvgIpc) is 2.11. The Balaban J connectivity index is 2.85. The van der Waals surface area contributed by atoms with Crippen LogP contribution in [0, 0.1) is 0 Å². The number of rotatable bonds is 1. The summed E-state index contributed by atoms with van der Waals surface area (Å²) >= 11 is 0. The SMILES string of the molecule is C=C/C=C1/CC(P)C(N)C/C1=C/C. The van der Waals surface area contributed by atoms with E-state index in [1.54, 1.807) is 0 Å². The lowest BCUT2D eigenvalue weighted by molar-refractivity contribution is 0.586. The Morgan fingerprint density at radius 1 is 1.46 bits per heavy atom. The van der Waals surface area contributed by atoms with Crippen molar-refractivity contribution in [2.45, 2.75) is 31.5 Å². The first-order chi connectivity index (χ1) is 6.19. The zero-order chi connectivity index (χ0) is 9.84. The molecule has 1 aliphatic carbocycles. The van der Waals surface area contributed by atoms with Crippen LogP contribution >= 0.6 is 9.24 Å². The third-order valence-electron chi connectivity index (χ3n) is 2.54. The summed E-state index contributed by atoms with van der Waals surface area (Å²) in [5.74, 6) is 0. The van der Waals surface area contributed by atoms with E-state index in [1.165, 1.54) is 11.1 Å². The van der Waals surface area contributed by atoms with E-state index < -0.39 is 0 Å². The second-order valence-electron chi connectivity index (χ2n) is 3.48. The van der Waals surface area contributed by atoms with E-state index in [4.69, 9.17) is 5.73 Å². The highest BCUT2D eigenvalue weighted by Gasteiger charge is 2.23. The van der Waals surface area contributed by atoms with Gasteiger partial charge in [-0.25, -0.2) is 0 Å². The molecule has 3 atom stereocenters. The topological polar surface area (TPSA) is 26.0 Å². The van der Waals surface area contributed by atoms with Crippen molar-refractivity contribution in [2.75, 3.05) is 0 Å². The molecule has 0 aromatic heterocycles. The average molecular weight is 195 g/mol. The second-order valence-corrected chi connectivity index (χ2v) is 4.33. The van der Waals surface area contributed by atoms with E-state index in [9.17, 15) is 0 Å². The highest BCUT2D eigenvalue weighted by atomic mass is 31.0. The van der Waals surface area contributed by atoms with Crippen LogP contribution in [0.25, 0.3) is 0 Å². The van der Waals surface area contributed by atoms with Crippen LogP contribution in [0.5, 0.6) is 0 Å². The lowest BCUT2D eigenvalue weighted by atomic mass is 9.85. The molecule has 1 aliphatic rings. The Morgan fingerprint density at radius 3 is 2.69 bits per heavy atom. The van der Waals surface area contributed by atoms with Crippen LogP contribution in [0.15, 0.2) is 36.0 Å². The third kappa shape index (κ3) is 2.52. The molecule has 1 fully saturated rings. The lowest BCUT2D eigenvalue weighted by Crippen LogP contribution is -2.35. The van der Waals surface area contributed by atoms with Crippen molar-refractivity contribution in [1.29, 1.82) is 0 Å². The van der Waals surface area contributed by atoms with Crippen LogP contribution < -0.4 is 5.73 Å². The van der Waals surface area contributed by atoms with Crippen LogP contribution in [0.2, 0.25) is 0 Å². The summed E-state index contributed by atoms with van der Waals surface area (Å²) in [5, 5.41) is 0. The number of allylic oxidation sites excluding steroid dienone is 4. The fourth-order valence-electron chi connectivity index (χ4n) is 1.69. The minimum Gasteiger partial charge on any atom is -0.327 e. The maximum absolute atomic E-state index is 5.99. The maximum Gasteiger partial charge on any atom is 0.0146 e. The van der Waals surface area contributed by atoms with Crippen molar-refractivity contribution in [3.05, 3.63) is 36.0 Å². The zero-order valence-corrected chi connectivity index (χ0v) is 9.32. The molecule has 0 spiro atoms. The van der Waals surface area contributed by atoms with Crippen LogP contribution in [-0.2, 0) is 0 Å². The Kier molecular flexibility index (Phi) is 3.90. The van der Waals surface area contributed by atoms with Gasteiger partial charge in [-0.15, -0.1) is 9.24 Å². The molecule has 2 heteroatoms. The molecule has 1 rings (SSSR count). The lowest BCUT2D eigenvalue weighted by Gasteiger charge is -2.29. The Hall–Kier alpha value is -0.390. The Labute approximate surface area is 83.0 Å². The summed E-state index contributed by atoms with van der Waals surface area (Å²) in [7, 11) is 2.83. The first kappa shape index (κ1) is 10.7. The van der Waals surface area contributed by atoms with Gasteiger partial charge in [0.25, 0.3) is 0 Å². The van der Waals surface area contributed by atoms with Crippen LogP contribution in [0.1, 0.15) is 19.8 Å². The monoisotopic (exact) mass is 195 g/mol. The second kappa shape index (κ2) is 4.74. The highest BCUT2D eigenvalue weighted by molar-refractivity contribution is 7.17. The van der Waals surface area contributed by atoms with Gasteiger partial charge in [0.15, 0.2) is 0 Å². The van der Waals surface area contributed by atoms with Gasteiger partial charge in [-0.05, 0) is 36.6 Å². The fourth-order valence-corrected chi connectivity index (χ4v) is 2.08. The van der Waals surface area contributed by atoms with Gasteiger partial charge in [-0.3, -0.25) is 0 Å². The van der Waals surface area contributed by atoms with Crippen molar-refractivity contribution in [3.8, 4) is 0 Å². The molecule has 1 nitrogen and oxygen atoms in total. The smallest absolute Gasteiger partial charge is 0.0146 e. The standard InChI is InChI=1S/C11H18NP/c1-3-5-9-7-11(13)10(12)6-8(9)4-2/h3-5,10-11H,1,6-7,12-13H2,2H3/b8-4-,9-5-. The van der Waals surface area contributed by atoms with E-state index in [0.717, 1.165) is 12.8 Å². The summed E-state index contributed by atoms with van der Waals surface area (Å²) in [6.45, 7) is 5.80. The first-order valence-corrected chi connectivity index (χ1v) is 5.34. The quantitative estimate of drug-likeness (QED) is 0.639. The van der Waals surface area contributed by atoms with Crippen LogP contribution in [0.4, 0.5) is 0 Å². The molecule has 0 amide bonds. The molecule has 0 heterocycles. The number of hydrogen-bond acceptors (Lipinski definition) is 1. The van der Waals surface area contributed by atoms with Gasteiger partial charge < -0.3 is 5.73 Å². The molecule has 2 N–H and O–H groups in total. The largest absolute Gasteiger partial charge is 0.327 e. The number of nitrogens with two attached hydrogens (primary N) is 1. The normalized spacial score (nSPS) is 35.3. The minimum atomic E-state index is 0.290. The molecule has 3 unspecified atom stereocenters. The van der Waals surface area contributed by atoms with Gasteiger partial charge in [-0.2, -0.15) is 0 Å². The van der Waals surface area contributed by atoms with Crippen LogP contribution in [-0.4, -0.2) is 11.7 Å². The van der Waals surface area contributed by atoms with E-state index in [0.29, 0.717) is 5.66 Å². The van der Waals surface area contributed by atoms with Crippen molar-refractivity contribution in [3.63, 3.8) is 0 Å².